The third-order valence-corrected chi connectivity index (χ3v) is 10.7. The van der Waals surface area contributed by atoms with E-state index in [9.17, 15) is 0 Å². The first-order chi connectivity index (χ1) is 25.9. The summed E-state index contributed by atoms with van der Waals surface area (Å²) in [5, 5.41) is 0. The molecule has 0 bridgehead atoms. The van der Waals surface area contributed by atoms with E-state index >= 15 is 0 Å². The van der Waals surface area contributed by atoms with Crippen molar-refractivity contribution in [1.29, 1.82) is 0 Å². The molecule has 278 valence electrons. The molecule has 0 unspecified atom stereocenters. The second-order valence-corrected chi connectivity index (χ2v) is 14.3. The summed E-state index contributed by atoms with van der Waals surface area (Å²) in [4.78, 5) is 12.1. The number of methoxy groups -OCH3 is 5. The van der Waals surface area contributed by atoms with Crippen molar-refractivity contribution in [2.24, 2.45) is 0 Å². The van der Waals surface area contributed by atoms with E-state index in [1.54, 1.807) is 35.5 Å². The second kappa shape index (κ2) is 16.3. The van der Waals surface area contributed by atoms with Crippen LogP contribution in [0, 0.1) is 0 Å². The summed E-state index contributed by atoms with van der Waals surface area (Å²) in [6, 6.07) is 23.7. The lowest BCUT2D eigenvalue weighted by atomic mass is 9.95. The molecule has 1 saturated carbocycles. The number of aromatic nitrogens is 1. The van der Waals surface area contributed by atoms with Gasteiger partial charge in [-0.2, -0.15) is 0 Å². The molecule has 3 aromatic carbocycles. The van der Waals surface area contributed by atoms with Crippen molar-refractivity contribution in [3.05, 3.63) is 107 Å². The predicted molar refractivity (Wildman–Crippen MR) is 212 cm³/mol. The lowest BCUT2D eigenvalue weighted by Gasteiger charge is -2.40. The molecule has 1 aliphatic carbocycles. The third kappa shape index (κ3) is 8.25. The molecular formula is C44H52N4O5. The number of benzene rings is 3. The number of ether oxygens (including phenoxy) is 5. The Balaban J connectivity index is 1.08. The van der Waals surface area contributed by atoms with Gasteiger partial charge < -0.3 is 33.5 Å². The molecule has 0 radical (unpaired) electrons. The number of anilines is 1. The van der Waals surface area contributed by atoms with E-state index < -0.39 is 0 Å². The van der Waals surface area contributed by atoms with Crippen LogP contribution in [0.5, 0.6) is 28.7 Å². The molecule has 2 fully saturated rings. The molecule has 0 amide bonds. The summed E-state index contributed by atoms with van der Waals surface area (Å²) in [6.07, 6.45) is 11.1. The first kappa shape index (κ1) is 36.2. The Bertz CT molecular complexity index is 1950. The Morgan fingerprint density at radius 2 is 1.47 bits per heavy atom. The fourth-order valence-corrected chi connectivity index (χ4v) is 7.82. The highest BCUT2D eigenvalue weighted by molar-refractivity contribution is 5.75. The number of likely N-dealkylation sites (N-methyl/N-ethyl adjacent to an activating group) is 1. The summed E-state index contributed by atoms with van der Waals surface area (Å²) < 4.78 is 28.2. The van der Waals surface area contributed by atoms with E-state index in [0.29, 0.717) is 23.5 Å². The van der Waals surface area contributed by atoms with Crippen LogP contribution in [0.25, 0.3) is 16.8 Å². The van der Waals surface area contributed by atoms with Crippen molar-refractivity contribution >= 4 is 11.3 Å². The van der Waals surface area contributed by atoms with E-state index in [4.69, 9.17) is 23.7 Å². The van der Waals surface area contributed by atoms with E-state index in [1.165, 1.54) is 46.4 Å². The van der Waals surface area contributed by atoms with Crippen LogP contribution in [0.4, 0.5) is 5.69 Å². The van der Waals surface area contributed by atoms with Gasteiger partial charge in [0.15, 0.2) is 23.0 Å². The van der Waals surface area contributed by atoms with Crippen molar-refractivity contribution in [1.82, 2.24) is 14.8 Å². The Morgan fingerprint density at radius 3 is 2.15 bits per heavy atom. The molecule has 1 saturated heterocycles. The molecule has 0 atom stereocenters. The minimum atomic E-state index is 0.395. The van der Waals surface area contributed by atoms with Gasteiger partial charge in [0.1, 0.15) is 5.75 Å². The van der Waals surface area contributed by atoms with Gasteiger partial charge >= 0.3 is 0 Å². The minimum absolute atomic E-state index is 0.395. The molecule has 7 rings (SSSR count). The highest BCUT2D eigenvalue weighted by Gasteiger charge is 2.30. The molecule has 3 heterocycles. The van der Waals surface area contributed by atoms with Crippen molar-refractivity contribution in [2.45, 2.75) is 44.2 Å². The van der Waals surface area contributed by atoms with Gasteiger partial charge in [-0.05, 0) is 121 Å². The Morgan fingerprint density at radius 1 is 0.736 bits per heavy atom. The smallest absolute Gasteiger partial charge is 0.164 e. The molecule has 53 heavy (non-hydrogen) atoms. The SMILES string of the molecule is COc1ccc(N(CC2=CN(C)CC(c3cc(OC)c(OC)c(C4CC4)c3)=C2)C2CCN(Cc3ccnc(-c4ccc(OC)c(OC)c4)c3)CC2)cc1. The van der Waals surface area contributed by atoms with Crippen molar-refractivity contribution in [3.8, 4) is 40.0 Å². The summed E-state index contributed by atoms with van der Waals surface area (Å²) >= 11 is 0. The van der Waals surface area contributed by atoms with E-state index in [-0.39, 0.29) is 0 Å². The highest BCUT2D eigenvalue weighted by atomic mass is 16.5. The van der Waals surface area contributed by atoms with Gasteiger partial charge in [0.25, 0.3) is 0 Å². The molecule has 0 spiro atoms. The maximum Gasteiger partial charge on any atom is 0.164 e. The summed E-state index contributed by atoms with van der Waals surface area (Å²) in [6.45, 7) is 4.57. The Labute approximate surface area is 314 Å². The van der Waals surface area contributed by atoms with Gasteiger partial charge in [0.2, 0.25) is 0 Å². The number of rotatable bonds is 14. The van der Waals surface area contributed by atoms with Gasteiger partial charge in [-0.15, -0.1) is 0 Å². The van der Waals surface area contributed by atoms with Crippen LogP contribution in [0.15, 0.2) is 90.8 Å². The lowest BCUT2D eigenvalue weighted by molar-refractivity contribution is 0.202. The van der Waals surface area contributed by atoms with Crippen LogP contribution in [0.2, 0.25) is 0 Å². The van der Waals surface area contributed by atoms with Gasteiger partial charge in [0, 0.05) is 75.0 Å². The Kier molecular flexibility index (Phi) is 11.1. The highest BCUT2D eigenvalue weighted by Crippen LogP contribution is 2.49. The van der Waals surface area contributed by atoms with Crippen LogP contribution in [0.1, 0.15) is 48.3 Å². The molecule has 3 aliphatic rings. The van der Waals surface area contributed by atoms with Crippen molar-refractivity contribution in [2.75, 3.05) is 73.7 Å². The third-order valence-electron chi connectivity index (χ3n) is 10.7. The van der Waals surface area contributed by atoms with Gasteiger partial charge in [-0.1, -0.05) is 6.08 Å². The maximum atomic E-state index is 5.83. The number of likely N-dealkylation sites (tertiary alicyclic amines) is 1. The number of pyridine rings is 1. The van der Waals surface area contributed by atoms with Crippen molar-refractivity contribution in [3.63, 3.8) is 0 Å². The van der Waals surface area contributed by atoms with E-state index in [0.717, 1.165) is 74.1 Å². The molecule has 2 aliphatic heterocycles. The first-order valence-electron chi connectivity index (χ1n) is 18.6. The molecule has 9 heteroatoms. The quantitative estimate of drug-likeness (QED) is 0.129. The van der Waals surface area contributed by atoms with Crippen LogP contribution >= 0.6 is 0 Å². The monoisotopic (exact) mass is 716 g/mol. The molecule has 4 aromatic rings. The molecule has 0 N–H and O–H groups in total. The average molecular weight is 717 g/mol. The molecule has 9 nitrogen and oxygen atoms in total. The summed E-state index contributed by atoms with van der Waals surface area (Å²) in [5.41, 5.74) is 9.45. The zero-order chi connectivity index (χ0) is 36.9. The fraction of sp³-hybridized carbons (Fsp3) is 0.386. The standard InChI is InChI=1S/C44H52N4O5/c1-46-26-31(21-35(29-46)34-23-39(32-7-8-32)44(53-6)43(25-34)52-5)28-48(36-10-12-38(49-2)13-11-36)37-16-19-47(20-17-37)27-30-15-18-45-40(22-30)33-9-14-41(50-3)42(24-33)51-4/h9-15,18,21-26,32,37H,7-8,16-17,19-20,27-29H2,1-6H3. The summed E-state index contributed by atoms with van der Waals surface area (Å²) in [5.74, 6) is 4.51. The fourth-order valence-electron chi connectivity index (χ4n) is 7.82. The number of nitrogens with zero attached hydrogens (tertiary/aromatic N) is 4. The van der Waals surface area contributed by atoms with Crippen LogP contribution < -0.4 is 28.6 Å². The number of piperidine rings is 1. The zero-order valence-electron chi connectivity index (χ0n) is 31.9. The maximum absolute atomic E-state index is 5.83. The zero-order valence-corrected chi connectivity index (χ0v) is 31.9. The lowest BCUT2D eigenvalue weighted by Crippen LogP contribution is -2.45. The number of hydrogen-bond acceptors (Lipinski definition) is 9. The largest absolute Gasteiger partial charge is 0.497 e. The summed E-state index contributed by atoms with van der Waals surface area (Å²) in [7, 11) is 10.7. The van der Waals surface area contributed by atoms with Crippen molar-refractivity contribution < 1.29 is 23.7 Å². The van der Waals surface area contributed by atoms with Gasteiger partial charge in [0.05, 0.1) is 41.2 Å². The molecule has 1 aromatic heterocycles. The average Bonchev–Trinajstić information content (AvgIpc) is 4.05. The molecular weight excluding hydrogens is 665 g/mol. The van der Waals surface area contributed by atoms with Crippen LogP contribution in [-0.4, -0.2) is 89.6 Å². The van der Waals surface area contributed by atoms with Crippen LogP contribution in [-0.2, 0) is 6.54 Å². The predicted octanol–water partition coefficient (Wildman–Crippen LogP) is 8.05. The first-order valence-corrected chi connectivity index (χ1v) is 18.6. The van der Waals surface area contributed by atoms with E-state index in [2.05, 4.69) is 87.5 Å². The number of hydrogen-bond donors (Lipinski definition) is 0. The van der Waals surface area contributed by atoms with Gasteiger partial charge in [-0.25, -0.2) is 0 Å². The topological polar surface area (TPSA) is 68.8 Å². The minimum Gasteiger partial charge on any atom is -0.497 e. The normalized spacial score (nSPS) is 16.5. The van der Waals surface area contributed by atoms with Crippen LogP contribution in [0.3, 0.4) is 0 Å². The van der Waals surface area contributed by atoms with E-state index in [1.807, 2.05) is 24.4 Å². The second-order valence-electron chi connectivity index (χ2n) is 14.3. The van der Waals surface area contributed by atoms with Gasteiger partial charge in [-0.3, -0.25) is 9.88 Å². The Hall–Kier alpha value is -5.15.